The Morgan fingerprint density at radius 3 is 2.90 bits per heavy atom. The van der Waals surface area contributed by atoms with E-state index < -0.39 is 0 Å². The van der Waals surface area contributed by atoms with Gasteiger partial charge >= 0.3 is 0 Å². The largest absolute Gasteiger partial charge is 0.394 e. The van der Waals surface area contributed by atoms with Crippen molar-refractivity contribution in [2.75, 3.05) is 36.5 Å². The van der Waals surface area contributed by atoms with Crippen LogP contribution in [0, 0.1) is 0 Å². The van der Waals surface area contributed by atoms with Crippen molar-refractivity contribution in [1.82, 2.24) is 9.97 Å². The van der Waals surface area contributed by atoms with E-state index in [1.165, 1.54) is 0 Å². The average molecular weight is 280 g/mol. The van der Waals surface area contributed by atoms with Crippen molar-refractivity contribution in [3.8, 4) is 0 Å². The molecule has 112 valence electrons. The fourth-order valence-electron chi connectivity index (χ4n) is 2.52. The molecule has 1 aromatic rings. The number of anilines is 2. The fraction of sp³-hybridized carbons (Fsp3) is 0.714. The molecule has 2 N–H and O–H groups in total. The fourth-order valence-corrected chi connectivity index (χ4v) is 2.52. The number of morpholine rings is 1. The maximum absolute atomic E-state index is 9.31. The van der Waals surface area contributed by atoms with Crippen molar-refractivity contribution in [3.05, 3.63) is 11.9 Å². The molecule has 1 aliphatic rings. The Hall–Kier alpha value is -1.40. The van der Waals surface area contributed by atoms with Gasteiger partial charge in [0, 0.05) is 18.7 Å². The predicted molar refractivity (Wildman–Crippen MR) is 79.2 cm³/mol. The van der Waals surface area contributed by atoms with Gasteiger partial charge in [-0.3, -0.25) is 0 Å². The summed E-state index contributed by atoms with van der Waals surface area (Å²) in [6, 6.07) is 0.243. The Bertz CT molecular complexity index is 441. The first-order valence-electron chi connectivity index (χ1n) is 7.28. The van der Waals surface area contributed by atoms with E-state index in [0.717, 1.165) is 30.2 Å². The van der Waals surface area contributed by atoms with Gasteiger partial charge < -0.3 is 20.1 Å². The average Bonchev–Trinajstić information content (AvgIpc) is 2.48. The van der Waals surface area contributed by atoms with Crippen molar-refractivity contribution in [2.45, 2.75) is 39.3 Å². The number of rotatable bonds is 5. The summed E-state index contributed by atoms with van der Waals surface area (Å²) in [6.07, 6.45) is 2.32. The van der Waals surface area contributed by atoms with E-state index in [-0.39, 0.29) is 18.8 Å². The number of nitrogens with zero attached hydrogens (tertiary/aromatic N) is 3. The number of hydrogen-bond donors (Lipinski definition) is 2. The van der Waals surface area contributed by atoms with E-state index >= 15 is 0 Å². The summed E-state index contributed by atoms with van der Waals surface area (Å²) in [6.45, 7) is 8.42. The zero-order valence-corrected chi connectivity index (χ0v) is 12.5. The Morgan fingerprint density at radius 2 is 2.25 bits per heavy atom. The summed E-state index contributed by atoms with van der Waals surface area (Å²) in [4.78, 5) is 11.0. The molecule has 6 heteroatoms. The van der Waals surface area contributed by atoms with Crippen LogP contribution in [0.15, 0.2) is 6.33 Å². The monoisotopic (exact) mass is 280 g/mol. The zero-order valence-electron chi connectivity index (χ0n) is 12.5. The van der Waals surface area contributed by atoms with Crippen LogP contribution in [0.25, 0.3) is 0 Å². The molecule has 0 saturated carbocycles. The summed E-state index contributed by atoms with van der Waals surface area (Å²) < 4.78 is 5.59. The summed E-state index contributed by atoms with van der Waals surface area (Å²) in [5.41, 5.74) is 1.12. The molecule has 1 fully saturated rings. The van der Waals surface area contributed by atoms with Gasteiger partial charge in [-0.15, -0.1) is 0 Å². The van der Waals surface area contributed by atoms with E-state index in [1.54, 1.807) is 6.33 Å². The second-order valence-corrected chi connectivity index (χ2v) is 5.05. The Balaban J connectivity index is 2.32. The van der Waals surface area contributed by atoms with Crippen molar-refractivity contribution in [1.29, 1.82) is 0 Å². The molecule has 1 aromatic heterocycles. The normalized spacial score (nSPS) is 22.9. The van der Waals surface area contributed by atoms with E-state index in [4.69, 9.17) is 4.74 Å². The van der Waals surface area contributed by atoms with Crippen LogP contribution in [0.3, 0.4) is 0 Å². The predicted octanol–water partition coefficient (Wildman–Crippen LogP) is 1.06. The lowest BCUT2D eigenvalue weighted by molar-refractivity contribution is -0.0106. The molecule has 1 aliphatic heterocycles. The second-order valence-electron chi connectivity index (χ2n) is 5.05. The lowest BCUT2D eigenvalue weighted by atomic mass is 10.1. The van der Waals surface area contributed by atoms with Crippen molar-refractivity contribution in [3.63, 3.8) is 0 Å². The van der Waals surface area contributed by atoms with E-state index in [1.807, 2.05) is 0 Å². The minimum absolute atomic E-state index is 0.0375. The van der Waals surface area contributed by atoms with Crippen molar-refractivity contribution >= 4 is 11.6 Å². The third kappa shape index (κ3) is 3.02. The highest BCUT2D eigenvalue weighted by atomic mass is 16.5. The molecule has 0 bridgehead atoms. The van der Waals surface area contributed by atoms with Gasteiger partial charge in [-0.2, -0.15) is 0 Å². The number of nitrogens with one attached hydrogen (secondary N) is 1. The van der Waals surface area contributed by atoms with Crippen LogP contribution in [-0.2, 0) is 11.2 Å². The van der Waals surface area contributed by atoms with Gasteiger partial charge in [-0.1, -0.05) is 6.92 Å². The zero-order chi connectivity index (χ0) is 14.5. The summed E-state index contributed by atoms with van der Waals surface area (Å²) in [7, 11) is 0. The molecule has 0 amide bonds. The molecule has 0 aliphatic carbocycles. The van der Waals surface area contributed by atoms with Gasteiger partial charge in [-0.05, 0) is 20.3 Å². The molecule has 2 heterocycles. The molecule has 1 saturated heterocycles. The molecule has 0 spiro atoms. The third-order valence-electron chi connectivity index (χ3n) is 3.60. The van der Waals surface area contributed by atoms with Gasteiger partial charge in [0.2, 0.25) is 0 Å². The number of aromatic nitrogens is 2. The minimum Gasteiger partial charge on any atom is -0.394 e. The molecular weight excluding hydrogens is 256 g/mol. The van der Waals surface area contributed by atoms with Crippen LogP contribution in [0.5, 0.6) is 0 Å². The number of aliphatic hydroxyl groups is 1. The lowest BCUT2D eigenvalue weighted by Crippen LogP contribution is -2.50. The Morgan fingerprint density at radius 1 is 1.45 bits per heavy atom. The van der Waals surface area contributed by atoms with Crippen LogP contribution in [-0.4, -0.2) is 53.5 Å². The SMILES string of the molecule is CCNc1ncnc(N2CC(CO)OCC2C)c1CC. The standard InChI is InChI=1S/C14H24N4O2/c1-4-12-13(15-5-2)16-9-17-14(12)18-6-11(7-19)20-8-10(18)3/h9-11,19H,4-8H2,1-3H3,(H,15,16,17). The van der Waals surface area contributed by atoms with Gasteiger partial charge in [-0.25, -0.2) is 9.97 Å². The number of aliphatic hydroxyl groups excluding tert-OH is 1. The molecule has 6 nitrogen and oxygen atoms in total. The molecule has 2 rings (SSSR count). The lowest BCUT2D eigenvalue weighted by Gasteiger charge is -2.39. The van der Waals surface area contributed by atoms with E-state index in [0.29, 0.717) is 13.2 Å². The van der Waals surface area contributed by atoms with Crippen LogP contribution >= 0.6 is 0 Å². The van der Waals surface area contributed by atoms with E-state index in [9.17, 15) is 5.11 Å². The van der Waals surface area contributed by atoms with Crippen molar-refractivity contribution < 1.29 is 9.84 Å². The smallest absolute Gasteiger partial charge is 0.137 e. The summed E-state index contributed by atoms with van der Waals surface area (Å²) >= 11 is 0. The Kier molecular flexibility index (Phi) is 5.14. The molecule has 20 heavy (non-hydrogen) atoms. The number of ether oxygens (including phenoxy) is 1. The molecule has 0 radical (unpaired) electrons. The molecule has 2 atom stereocenters. The number of hydrogen-bond acceptors (Lipinski definition) is 6. The highest BCUT2D eigenvalue weighted by molar-refractivity contribution is 5.59. The van der Waals surface area contributed by atoms with Crippen molar-refractivity contribution in [2.24, 2.45) is 0 Å². The molecule has 0 aromatic carbocycles. The quantitative estimate of drug-likeness (QED) is 0.840. The highest BCUT2D eigenvalue weighted by Crippen LogP contribution is 2.27. The van der Waals surface area contributed by atoms with Crippen LogP contribution in [0.1, 0.15) is 26.3 Å². The highest BCUT2D eigenvalue weighted by Gasteiger charge is 2.28. The minimum atomic E-state index is -0.145. The maximum Gasteiger partial charge on any atom is 0.137 e. The topological polar surface area (TPSA) is 70.5 Å². The van der Waals surface area contributed by atoms with E-state index in [2.05, 4.69) is 41.0 Å². The second kappa shape index (κ2) is 6.85. The van der Waals surface area contributed by atoms with Crippen LogP contribution in [0.2, 0.25) is 0 Å². The van der Waals surface area contributed by atoms with Crippen LogP contribution < -0.4 is 10.2 Å². The first-order valence-corrected chi connectivity index (χ1v) is 7.28. The first-order chi connectivity index (χ1) is 9.71. The van der Waals surface area contributed by atoms with Gasteiger partial charge in [0.05, 0.1) is 25.4 Å². The molecule has 2 unspecified atom stereocenters. The maximum atomic E-state index is 9.31. The first kappa shape index (κ1) is 15.0. The van der Waals surface area contributed by atoms with Gasteiger partial charge in [0.25, 0.3) is 0 Å². The third-order valence-corrected chi connectivity index (χ3v) is 3.60. The summed E-state index contributed by atoms with van der Waals surface area (Å²) in [5.74, 6) is 1.85. The molecular formula is C14H24N4O2. The Labute approximate surface area is 120 Å². The summed E-state index contributed by atoms with van der Waals surface area (Å²) in [5, 5.41) is 12.6. The van der Waals surface area contributed by atoms with Gasteiger partial charge in [0.1, 0.15) is 18.0 Å². The van der Waals surface area contributed by atoms with Crippen LogP contribution in [0.4, 0.5) is 11.6 Å². The van der Waals surface area contributed by atoms with Gasteiger partial charge in [0.15, 0.2) is 0 Å².